The third kappa shape index (κ3) is 4.05. The number of hydrogen-bond acceptors (Lipinski definition) is 2. The fraction of sp³-hybridized carbons (Fsp3) is 0.647. The summed E-state index contributed by atoms with van der Waals surface area (Å²) in [4.78, 5) is 2.37. The summed E-state index contributed by atoms with van der Waals surface area (Å²) in [6.45, 7) is 11.8. The summed E-state index contributed by atoms with van der Waals surface area (Å²) in [6.07, 6.45) is 1.74. The smallest absolute Gasteiger partial charge is 0.0942 e. The molecular weight excluding hydrogens is 234 g/mol. The first-order chi connectivity index (χ1) is 9.04. The Morgan fingerprint density at radius 3 is 2.05 bits per heavy atom. The van der Waals surface area contributed by atoms with E-state index in [0.717, 1.165) is 24.9 Å². The number of likely N-dealkylation sites (N-methyl/N-ethyl adjacent to an activating group) is 1. The van der Waals surface area contributed by atoms with Crippen LogP contribution in [0, 0.1) is 0 Å². The molecule has 0 saturated carbocycles. The minimum absolute atomic E-state index is 0.146. The van der Waals surface area contributed by atoms with Crippen LogP contribution in [0.1, 0.15) is 58.3 Å². The van der Waals surface area contributed by atoms with Crippen LogP contribution in [0.3, 0.4) is 0 Å². The van der Waals surface area contributed by atoms with Gasteiger partial charge in [-0.15, -0.1) is 0 Å². The summed E-state index contributed by atoms with van der Waals surface area (Å²) >= 11 is 0. The number of hydrogen-bond donors (Lipinski definition) is 1. The third-order valence-corrected chi connectivity index (χ3v) is 4.23. The van der Waals surface area contributed by atoms with Crippen LogP contribution in [0.4, 0.5) is 0 Å². The standard InChI is InChI=1S/C17H29NO/c1-6-13(4)18(8-3)14(5)17(19)16-11-9-15(7-2)10-12-16/h9-14,17,19H,6-8H2,1-5H3. The topological polar surface area (TPSA) is 23.5 Å². The Balaban J connectivity index is 2.81. The third-order valence-electron chi connectivity index (χ3n) is 4.23. The highest BCUT2D eigenvalue weighted by Crippen LogP contribution is 2.23. The zero-order chi connectivity index (χ0) is 14.4. The van der Waals surface area contributed by atoms with Gasteiger partial charge in [0, 0.05) is 12.1 Å². The van der Waals surface area contributed by atoms with E-state index in [-0.39, 0.29) is 6.04 Å². The lowest BCUT2D eigenvalue weighted by atomic mass is 9.99. The lowest BCUT2D eigenvalue weighted by Crippen LogP contribution is -2.43. The Kier molecular flexibility index (Phi) is 6.53. The average molecular weight is 263 g/mol. The van der Waals surface area contributed by atoms with Crippen molar-refractivity contribution in [1.29, 1.82) is 0 Å². The zero-order valence-corrected chi connectivity index (χ0v) is 13.1. The zero-order valence-electron chi connectivity index (χ0n) is 13.1. The minimum Gasteiger partial charge on any atom is -0.387 e. The molecule has 1 N–H and O–H groups in total. The van der Waals surface area contributed by atoms with Crippen LogP contribution in [-0.4, -0.2) is 28.6 Å². The molecule has 0 spiro atoms. The molecule has 0 fully saturated rings. The van der Waals surface area contributed by atoms with Crippen molar-refractivity contribution in [1.82, 2.24) is 4.90 Å². The van der Waals surface area contributed by atoms with Crippen molar-refractivity contribution < 1.29 is 5.11 Å². The molecule has 2 heteroatoms. The van der Waals surface area contributed by atoms with Gasteiger partial charge in [-0.1, -0.05) is 45.0 Å². The second kappa shape index (κ2) is 7.66. The van der Waals surface area contributed by atoms with Crippen molar-refractivity contribution in [3.8, 4) is 0 Å². The van der Waals surface area contributed by atoms with Gasteiger partial charge in [-0.3, -0.25) is 4.90 Å². The van der Waals surface area contributed by atoms with E-state index in [2.05, 4.69) is 63.8 Å². The summed E-state index contributed by atoms with van der Waals surface area (Å²) < 4.78 is 0. The maximum Gasteiger partial charge on any atom is 0.0942 e. The molecule has 0 amide bonds. The summed E-state index contributed by atoms with van der Waals surface area (Å²) in [6, 6.07) is 9.00. The van der Waals surface area contributed by atoms with Gasteiger partial charge >= 0.3 is 0 Å². The number of benzene rings is 1. The van der Waals surface area contributed by atoms with Crippen molar-refractivity contribution in [2.45, 2.75) is 65.6 Å². The van der Waals surface area contributed by atoms with E-state index in [0.29, 0.717) is 6.04 Å². The molecule has 19 heavy (non-hydrogen) atoms. The summed E-state index contributed by atoms with van der Waals surface area (Å²) in [5.41, 5.74) is 2.34. The van der Waals surface area contributed by atoms with Gasteiger partial charge in [0.15, 0.2) is 0 Å². The Morgan fingerprint density at radius 1 is 1.05 bits per heavy atom. The maximum absolute atomic E-state index is 10.6. The van der Waals surface area contributed by atoms with Crippen LogP contribution in [-0.2, 0) is 6.42 Å². The Bertz CT molecular complexity index is 360. The summed E-state index contributed by atoms with van der Waals surface area (Å²) in [7, 11) is 0. The summed E-state index contributed by atoms with van der Waals surface area (Å²) in [5, 5.41) is 10.6. The van der Waals surface area contributed by atoms with Gasteiger partial charge < -0.3 is 5.11 Å². The van der Waals surface area contributed by atoms with Gasteiger partial charge in [0.2, 0.25) is 0 Å². The first-order valence-corrected chi connectivity index (χ1v) is 7.57. The van der Waals surface area contributed by atoms with Crippen LogP contribution in [0.2, 0.25) is 0 Å². The van der Waals surface area contributed by atoms with E-state index in [1.165, 1.54) is 5.56 Å². The van der Waals surface area contributed by atoms with E-state index >= 15 is 0 Å². The number of aliphatic hydroxyl groups excluding tert-OH is 1. The molecule has 3 unspecified atom stereocenters. The predicted octanol–water partition coefficient (Wildman–Crippen LogP) is 3.79. The fourth-order valence-electron chi connectivity index (χ4n) is 2.65. The normalized spacial score (nSPS) is 16.4. The fourth-order valence-corrected chi connectivity index (χ4v) is 2.65. The molecule has 1 rings (SSSR count). The van der Waals surface area contributed by atoms with Crippen LogP contribution in [0.15, 0.2) is 24.3 Å². The number of nitrogens with zero attached hydrogens (tertiary/aromatic N) is 1. The molecule has 0 radical (unpaired) electrons. The second-order valence-corrected chi connectivity index (χ2v) is 5.37. The van der Waals surface area contributed by atoms with Crippen molar-refractivity contribution in [2.75, 3.05) is 6.54 Å². The first-order valence-electron chi connectivity index (χ1n) is 7.57. The molecule has 0 aliphatic rings. The Morgan fingerprint density at radius 2 is 1.63 bits per heavy atom. The molecule has 0 aromatic heterocycles. The molecule has 0 bridgehead atoms. The van der Waals surface area contributed by atoms with Crippen LogP contribution >= 0.6 is 0 Å². The molecule has 0 aliphatic heterocycles. The quantitative estimate of drug-likeness (QED) is 0.809. The van der Waals surface area contributed by atoms with Gasteiger partial charge in [0.1, 0.15) is 0 Å². The lowest BCUT2D eigenvalue weighted by Gasteiger charge is -2.36. The minimum atomic E-state index is -0.417. The van der Waals surface area contributed by atoms with Gasteiger partial charge in [-0.25, -0.2) is 0 Å². The van der Waals surface area contributed by atoms with Crippen molar-refractivity contribution >= 4 is 0 Å². The maximum atomic E-state index is 10.6. The highest BCUT2D eigenvalue weighted by molar-refractivity contribution is 5.25. The predicted molar refractivity (Wildman–Crippen MR) is 82.4 cm³/mol. The van der Waals surface area contributed by atoms with Crippen LogP contribution in [0.5, 0.6) is 0 Å². The SMILES string of the molecule is CCc1ccc(C(O)C(C)N(CC)C(C)CC)cc1. The van der Waals surface area contributed by atoms with Crippen LogP contribution < -0.4 is 0 Å². The number of rotatable bonds is 7. The monoisotopic (exact) mass is 263 g/mol. The van der Waals surface area contributed by atoms with E-state index in [4.69, 9.17) is 0 Å². The van der Waals surface area contributed by atoms with E-state index in [1.54, 1.807) is 0 Å². The van der Waals surface area contributed by atoms with Crippen LogP contribution in [0.25, 0.3) is 0 Å². The molecule has 2 nitrogen and oxygen atoms in total. The van der Waals surface area contributed by atoms with E-state index in [9.17, 15) is 5.11 Å². The number of aryl methyl sites for hydroxylation is 1. The van der Waals surface area contributed by atoms with Crippen molar-refractivity contribution in [3.05, 3.63) is 35.4 Å². The Labute approximate surface area is 118 Å². The number of aliphatic hydroxyl groups is 1. The van der Waals surface area contributed by atoms with Gasteiger partial charge in [-0.2, -0.15) is 0 Å². The highest BCUT2D eigenvalue weighted by atomic mass is 16.3. The molecule has 1 aromatic rings. The molecular formula is C17H29NO. The molecule has 108 valence electrons. The largest absolute Gasteiger partial charge is 0.387 e. The van der Waals surface area contributed by atoms with Gasteiger partial charge in [0.05, 0.1) is 6.10 Å². The molecule has 0 aliphatic carbocycles. The highest BCUT2D eigenvalue weighted by Gasteiger charge is 2.24. The second-order valence-electron chi connectivity index (χ2n) is 5.37. The van der Waals surface area contributed by atoms with Crippen molar-refractivity contribution in [3.63, 3.8) is 0 Å². The van der Waals surface area contributed by atoms with Gasteiger partial charge in [0.25, 0.3) is 0 Å². The average Bonchev–Trinajstić information content (AvgIpc) is 2.46. The lowest BCUT2D eigenvalue weighted by molar-refractivity contribution is 0.0384. The Hall–Kier alpha value is -0.860. The summed E-state index contributed by atoms with van der Waals surface area (Å²) in [5.74, 6) is 0. The van der Waals surface area contributed by atoms with Crippen molar-refractivity contribution in [2.24, 2.45) is 0 Å². The van der Waals surface area contributed by atoms with Gasteiger partial charge in [-0.05, 0) is 44.4 Å². The first kappa shape index (κ1) is 16.2. The van der Waals surface area contributed by atoms with E-state index < -0.39 is 6.10 Å². The van der Waals surface area contributed by atoms with E-state index in [1.807, 2.05) is 0 Å². The molecule has 1 aromatic carbocycles. The molecule has 3 atom stereocenters. The molecule has 0 heterocycles. The molecule has 0 saturated heterocycles.